The molecule has 34 heavy (non-hydrogen) atoms. The number of phenols is 1. The molecule has 1 atom stereocenters. The molecule has 1 fully saturated rings. The Labute approximate surface area is 200 Å². The number of aromatic hydroxyl groups is 1. The number of para-hydroxylation sites is 1. The van der Waals surface area contributed by atoms with Crippen molar-refractivity contribution < 1.29 is 18.3 Å². The molecule has 1 saturated heterocycles. The number of benzene rings is 2. The first-order valence-electron chi connectivity index (χ1n) is 11.2. The maximum absolute atomic E-state index is 13.3. The Morgan fingerprint density at radius 2 is 1.79 bits per heavy atom. The van der Waals surface area contributed by atoms with E-state index in [0.29, 0.717) is 35.1 Å². The van der Waals surface area contributed by atoms with E-state index in [2.05, 4.69) is 30.4 Å². The minimum Gasteiger partial charge on any atom is -0.507 e. The third kappa shape index (κ3) is 4.50. The molecule has 2 N–H and O–H groups in total. The molecule has 1 aliphatic rings. The maximum atomic E-state index is 13.3. The number of hydrogen-bond acceptors (Lipinski definition) is 6. The summed E-state index contributed by atoms with van der Waals surface area (Å²) in [5.41, 5.74) is 1.65. The average Bonchev–Trinajstić information content (AvgIpc) is 3.07. The highest BCUT2D eigenvalue weighted by Crippen LogP contribution is 2.39. The fourth-order valence-electron chi connectivity index (χ4n) is 4.64. The number of anilines is 1. The van der Waals surface area contributed by atoms with Gasteiger partial charge < -0.3 is 10.0 Å². The average molecular weight is 480 g/mol. The Morgan fingerprint density at radius 1 is 1.09 bits per heavy atom. The molecule has 2 aromatic carbocycles. The van der Waals surface area contributed by atoms with E-state index in [1.165, 1.54) is 12.1 Å². The van der Waals surface area contributed by atoms with E-state index in [9.17, 15) is 18.3 Å². The Balaban J connectivity index is 1.81. The van der Waals surface area contributed by atoms with Crippen LogP contribution in [0.1, 0.15) is 43.1 Å². The summed E-state index contributed by atoms with van der Waals surface area (Å²) in [7, 11) is -4.05. The first kappa shape index (κ1) is 23.8. The van der Waals surface area contributed by atoms with Gasteiger partial charge in [0.05, 0.1) is 16.2 Å². The molecule has 178 valence electrons. The van der Waals surface area contributed by atoms with Crippen LogP contribution in [0.25, 0.3) is 11.3 Å². The van der Waals surface area contributed by atoms with Crippen molar-refractivity contribution in [1.82, 2.24) is 9.71 Å². The van der Waals surface area contributed by atoms with Crippen molar-refractivity contribution >= 4 is 21.7 Å². The molecule has 8 heteroatoms. The van der Waals surface area contributed by atoms with Crippen LogP contribution in [0.4, 0.5) is 5.82 Å². The second-order valence-corrected chi connectivity index (χ2v) is 11.2. The van der Waals surface area contributed by atoms with Crippen molar-refractivity contribution in [2.75, 3.05) is 11.4 Å². The van der Waals surface area contributed by atoms with E-state index in [4.69, 9.17) is 4.98 Å². The number of pyridine rings is 1. The van der Waals surface area contributed by atoms with Crippen LogP contribution in [0, 0.1) is 12.8 Å². The van der Waals surface area contributed by atoms with Gasteiger partial charge in [0.15, 0.2) is 0 Å². The van der Waals surface area contributed by atoms with Gasteiger partial charge in [-0.1, -0.05) is 37.3 Å². The predicted molar refractivity (Wildman–Crippen MR) is 132 cm³/mol. The highest BCUT2D eigenvalue weighted by Gasteiger charge is 2.39. The van der Waals surface area contributed by atoms with Gasteiger partial charge >= 0.3 is 0 Å². The van der Waals surface area contributed by atoms with Crippen molar-refractivity contribution in [3.05, 3.63) is 71.8 Å². The molecule has 1 aromatic heterocycles. The number of hydrogen-bond donors (Lipinski definition) is 2. The van der Waals surface area contributed by atoms with Crippen LogP contribution in [0.2, 0.25) is 0 Å². The number of nitrogens with zero attached hydrogens (tertiary/aromatic N) is 2. The zero-order chi connectivity index (χ0) is 24.7. The van der Waals surface area contributed by atoms with Gasteiger partial charge in [0, 0.05) is 17.6 Å². The zero-order valence-electron chi connectivity index (χ0n) is 19.7. The quantitative estimate of drug-likeness (QED) is 0.559. The standard InChI is InChI=1S/C26H29N3O4S/c1-17-15-26(3,4)29(16-17)24-21(25(31)28-34(32,33)19-10-6-5-7-11-19)13-14-22(27-24)20-12-8-9-18(2)23(20)30/h5-14,17,30H,15-16H2,1-4H3,(H,28,31)/t17-/m0/s1. The Morgan fingerprint density at radius 3 is 2.44 bits per heavy atom. The summed E-state index contributed by atoms with van der Waals surface area (Å²) < 4.78 is 27.8. The first-order valence-corrected chi connectivity index (χ1v) is 12.7. The molecule has 0 radical (unpaired) electrons. The molecule has 0 aliphatic carbocycles. The molecular formula is C26H29N3O4S. The molecular weight excluding hydrogens is 450 g/mol. The van der Waals surface area contributed by atoms with Crippen molar-refractivity contribution in [3.63, 3.8) is 0 Å². The molecule has 0 unspecified atom stereocenters. The van der Waals surface area contributed by atoms with Gasteiger partial charge in [-0.3, -0.25) is 4.79 Å². The third-order valence-corrected chi connectivity index (χ3v) is 7.59. The summed E-state index contributed by atoms with van der Waals surface area (Å²) in [5, 5.41) is 10.6. The highest BCUT2D eigenvalue weighted by atomic mass is 32.2. The topological polar surface area (TPSA) is 99.6 Å². The van der Waals surface area contributed by atoms with E-state index in [-0.39, 0.29) is 21.7 Å². The molecule has 4 rings (SSSR count). The number of aryl methyl sites for hydroxylation is 1. The molecule has 3 aromatic rings. The van der Waals surface area contributed by atoms with Crippen LogP contribution in [0.5, 0.6) is 5.75 Å². The fourth-order valence-corrected chi connectivity index (χ4v) is 5.63. The van der Waals surface area contributed by atoms with Gasteiger partial charge in [0.2, 0.25) is 0 Å². The zero-order valence-corrected chi connectivity index (χ0v) is 20.6. The number of amides is 1. The molecule has 0 saturated carbocycles. The van der Waals surface area contributed by atoms with Gasteiger partial charge in [0.1, 0.15) is 11.6 Å². The summed E-state index contributed by atoms with van der Waals surface area (Å²) in [6, 6.07) is 16.4. The number of carbonyl (C=O) groups is 1. The number of rotatable bonds is 5. The van der Waals surface area contributed by atoms with Gasteiger partial charge in [0.25, 0.3) is 15.9 Å². The molecule has 0 bridgehead atoms. The Bertz CT molecular complexity index is 1340. The lowest BCUT2D eigenvalue weighted by atomic mass is 9.97. The summed E-state index contributed by atoms with van der Waals surface area (Å²) in [6.45, 7) is 8.78. The van der Waals surface area contributed by atoms with E-state index in [0.717, 1.165) is 6.42 Å². The first-order chi connectivity index (χ1) is 16.0. The number of carbonyl (C=O) groups excluding carboxylic acids is 1. The van der Waals surface area contributed by atoms with Crippen molar-refractivity contribution in [2.24, 2.45) is 5.92 Å². The SMILES string of the molecule is Cc1cccc(-c2ccc(C(=O)NS(=O)(=O)c3ccccc3)c(N3C[C@@H](C)CC3(C)C)n2)c1O. The Kier molecular flexibility index (Phi) is 6.12. The summed E-state index contributed by atoms with van der Waals surface area (Å²) >= 11 is 0. The third-order valence-electron chi connectivity index (χ3n) is 6.24. The lowest BCUT2D eigenvalue weighted by Crippen LogP contribution is -2.41. The minimum absolute atomic E-state index is 0.00860. The van der Waals surface area contributed by atoms with Gasteiger partial charge in [-0.05, 0) is 69.0 Å². The van der Waals surface area contributed by atoms with Crippen molar-refractivity contribution in [1.29, 1.82) is 0 Å². The highest BCUT2D eigenvalue weighted by molar-refractivity contribution is 7.90. The molecule has 1 amide bonds. The van der Waals surface area contributed by atoms with Crippen molar-refractivity contribution in [2.45, 2.75) is 44.6 Å². The summed E-state index contributed by atoms with van der Waals surface area (Å²) in [5.74, 6) is 0.144. The second-order valence-electron chi connectivity index (χ2n) is 9.52. The minimum atomic E-state index is -4.05. The van der Waals surface area contributed by atoms with Crippen LogP contribution < -0.4 is 9.62 Å². The number of phenolic OH excluding ortho intramolecular Hbond substituents is 1. The van der Waals surface area contributed by atoms with Gasteiger partial charge in [-0.15, -0.1) is 0 Å². The normalized spacial score (nSPS) is 17.5. The molecule has 1 aliphatic heterocycles. The van der Waals surface area contributed by atoms with E-state index >= 15 is 0 Å². The maximum Gasteiger partial charge on any atom is 0.268 e. The number of sulfonamides is 1. The van der Waals surface area contributed by atoms with E-state index in [1.807, 2.05) is 6.07 Å². The van der Waals surface area contributed by atoms with Gasteiger partial charge in [-0.2, -0.15) is 0 Å². The molecule has 0 spiro atoms. The number of aromatic nitrogens is 1. The lowest BCUT2D eigenvalue weighted by molar-refractivity contribution is 0.0981. The largest absolute Gasteiger partial charge is 0.507 e. The van der Waals surface area contributed by atoms with Crippen LogP contribution in [0.15, 0.2) is 65.6 Å². The van der Waals surface area contributed by atoms with Crippen LogP contribution in [-0.2, 0) is 10.0 Å². The monoisotopic (exact) mass is 479 g/mol. The van der Waals surface area contributed by atoms with E-state index < -0.39 is 15.9 Å². The lowest BCUT2D eigenvalue weighted by Gasteiger charge is -2.34. The summed E-state index contributed by atoms with van der Waals surface area (Å²) in [4.78, 5) is 20.1. The Hall–Kier alpha value is -3.39. The predicted octanol–water partition coefficient (Wildman–Crippen LogP) is 4.51. The van der Waals surface area contributed by atoms with Gasteiger partial charge in [-0.25, -0.2) is 18.1 Å². The molecule has 2 heterocycles. The van der Waals surface area contributed by atoms with Crippen LogP contribution >= 0.6 is 0 Å². The molecule has 7 nitrogen and oxygen atoms in total. The number of nitrogens with one attached hydrogen (secondary N) is 1. The fraction of sp³-hybridized carbons (Fsp3) is 0.308. The summed E-state index contributed by atoms with van der Waals surface area (Å²) in [6.07, 6.45) is 0.901. The smallest absolute Gasteiger partial charge is 0.268 e. The second kappa shape index (κ2) is 8.76. The van der Waals surface area contributed by atoms with Crippen LogP contribution in [-0.4, -0.2) is 36.5 Å². The van der Waals surface area contributed by atoms with E-state index in [1.54, 1.807) is 49.4 Å². The van der Waals surface area contributed by atoms with Crippen molar-refractivity contribution in [3.8, 4) is 17.0 Å². The van der Waals surface area contributed by atoms with Crippen LogP contribution in [0.3, 0.4) is 0 Å².